The van der Waals surface area contributed by atoms with E-state index in [4.69, 9.17) is 4.74 Å². The van der Waals surface area contributed by atoms with Crippen molar-refractivity contribution in [1.29, 1.82) is 0 Å². The highest BCUT2D eigenvalue weighted by molar-refractivity contribution is 9.10. The molecule has 0 spiro atoms. The Bertz CT molecular complexity index is 291. The zero-order chi connectivity index (χ0) is 10.4. The van der Waals surface area contributed by atoms with E-state index in [1.807, 2.05) is 12.1 Å². The van der Waals surface area contributed by atoms with E-state index < -0.39 is 6.86 Å². The molecule has 0 bridgehead atoms. The van der Waals surface area contributed by atoms with Gasteiger partial charge in [0.25, 0.3) is 0 Å². The number of benzene rings is 1. The first kappa shape index (κ1) is 12.0. The maximum absolute atomic E-state index is 11.9. The van der Waals surface area contributed by atoms with Gasteiger partial charge in [-0.25, -0.2) is 4.39 Å². The number of aryl methyl sites for hydroxylation is 1. The molecule has 0 aliphatic heterocycles. The minimum Gasteiger partial charge on any atom is -0.462 e. The number of ether oxygens (including phenoxy) is 1. The van der Waals surface area contributed by atoms with Crippen LogP contribution in [-0.2, 0) is 6.42 Å². The predicted octanol–water partition coefficient (Wildman–Crippen LogP) is 4.08. The molecule has 1 nitrogen and oxygen atoms in total. The van der Waals surface area contributed by atoms with E-state index in [0.717, 1.165) is 22.6 Å². The van der Waals surface area contributed by atoms with Crippen LogP contribution in [0.3, 0.4) is 0 Å². The van der Waals surface area contributed by atoms with Gasteiger partial charge in [0.1, 0.15) is 5.75 Å². The third-order valence-corrected chi connectivity index (χ3v) is 2.99. The van der Waals surface area contributed by atoms with Gasteiger partial charge in [0.15, 0.2) is 0 Å². The summed E-state index contributed by atoms with van der Waals surface area (Å²) in [5, 5.41) is 0.993. The van der Waals surface area contributed by atoms with E-state index >= 15 is 0 Å². The van der Waals surface area contributed by atoms with Crippen molar-refractivity contribution < 1.29 is 9.13 Å². The zero-order valence-corrected chi connectivity index (χ0v) is 10.8. The lowest BCUT2D eigenvalue weighted by molar-refractivity contribution is 0.190. The van der Waals surface area contributed by atoms with Crippen molar-refractivity contribution in [2.75, 3.05) is 12.2 Å². The topological polar surface area (TPSA) is 9.23 Å². The summed E-state index contributed by atoms with van der Waals surface area (Å²) < 4.78 is 17.5. The number of hydrogen-bond donors (Lipinski definition) is 0. The van der Waals surface area contributed by atoms with Crippen molar-refractivity contribution in [2.45, 2.75) is 12.8 Å². The second-order valence-electron chi connectivity index (χ2n) is 2.81. The molecule has 0 aliphatic carbocycles. The average molecular weight is 326 g/mol. The van der Waals surface area contributed by atoms with Crippen molar-refractivity contribution in [2.24, 2.45) is 0 Å². The first-order valence-electron chi connectivity index (χ1n) is 4.31. The lowest BCUT2D eigenvalue weighted by atomic mass is 10.1. The average Bonchev–Trinajstić information content (AvgIpc) is 2.19. The maximum atomic E-state index is 11.9. The lowest BCUT2D eigenvalue weighted by Gasteiger charge is -2.06. The molecule has 0 fully saturated rings. The van der Waals surface area contributed by atoms with E-state index in [-0.39, 0.29) is 0 Å². The highest BCUT2D eigenvalue weighted by atomic mass is 79.9. The summed E-state index contributed by atoms with van der Waals surface area (Å²) in [5.41, 5.74) is 1.22. The normalized spacial score (nSPS) is 10.2. The fraction of sp³-hybridized carbons (Fsp3) is 0.400. The molecule has 0 saturated heterocycles. The largest absolute Gasteiger partial charge is 0.462 e. The standard InChI is InChI=1S/C10H11Br2FO/c11-5-1-2-8-3-4-10(14-7-13)9(12)6-8/h3-4,6H,1-2,5,7H2. The first-order chi connectivity index (χ1) is 6.77. The van der Waals surface area contributed by atoms with E-state index in [9.17, 15) is 4.39 Å². The number of halogens is 3. The summed E-state index contributed by atoms with van der Waals surface area (Å²) in [6.45, 7) is -0.792. The fourth-order valence-corrected chi connectivity index (χ4v) is 1.97. The van der Waals surface area contributed by atoms with Crippen molar-refractivity contribution in [1.82, 2.24) is 0 Å². The van der Waals surface area contributed by atoms with E-state index in [1.54, 1.807) is 6.07 Å². The molecule has 14 heavy (non-hydrogen) atoms. The van der Waals surface area contributed by atoms with Crippen LogP contribution in [0.25, 0.3) is 0 Å². The van der Waals surface area contributed by atoms with Gasteiger partial charge in [-0.05, 0) is 46.5 Å². The summed E-state index contributed by atoms with van der Waals surface area (Å²) in [6, 6.07) is 5.71. The van der Waals surface area contributed by atoms with Crippen molar-refractivity contribution in [3.05, 3.63) is 28.2 Å². The second kappa shape index (κ2) is 6.40. The summed E-state index contributed by atoms with van der Waals surface area (Å²) in [4.78, 5) is 0. The van der Waals surface area contributed by atoms with Gasteiger partial charge >= 0.3 is 0 Å². The molecule has 0 N–H and O–H groups in total. The Morgan fingerprint density at radius 2 is 2.14 bits per heavy atom. The molecule has 0 unspecified atom stereocenters. The van der Waals surface area contributed by atoms with Crippen LogP contribution in [-0.4, -0.2) is 12.2 Å². The molecule has 4 heteroatoms. The Kier molecular flexibility index (Phi) is 5.48. The third kappa shape index (κ3) is 3.58. The molecule has 0 amide bonds. The molecule has 1 aromatic rings. The molecule has 0 saturated carbocycles. The van der Waals surface area contributed by atoms with Crippen LogP contribution in [0, 0.1) is 0 Å². The van der Waals surface area contributed by atoms with Gasteiger partial charge in [-0.2, -0.15) is 0 Å². The summed E-state index contributed by atoms with van der Waals surface area (Å²) in [6.07, 6.45) is 2.11. The smallest absolute Gasteiger partial charge is 0.228 e. The highest BCUT2D eigenvalue weighted by Crippen LogP contribution is 2.26. The third-order valence-electron chi connectivity index (χ3n) is 1.81. The molecule has 0 heterocycles. The molecule has 0 atom stereocenters. The van der Waals surface area contributed by atoms with Gasteiger partial charge in [0, 0.05) is 5.33 Å². The monoisotopic (exact) mass is 324 g/mol. The Labute approximate surface area is 99.9 Å². The van der Waals surface area contributed by atoms with E-state index in [1.165, 1.54) is 5.56 Å². The Balaban J connectivity index is 2.68. The molecule has 1 rings (SSSR count). The lowest BCUT2D eigenvalue weighted by Crippen LogP contribution is -1.92. The van der Waals surface area contributed by atoms with Gasteiger partial charge < -0.3 is 4.74 Å². The molecule has 0 aromatic heterocycles. The summed E-state index contributed by atoms with van der Waals surface area (Å²) >= 11 is 6.72. The molecule has 0 aliphatic rings. The van der Waals surface area contributed by atoms with Gasteiger partial charge in [0.05, 0.1) is 4.47 Å². The highest BCUT2D eigenvalue weighted by Gasteiger charge is 2.02. The second-order valence-corrected chi connectivity index (χ2v) is 4.46. The fourth-order valence-electron chi connectivity index (χ4n) is 1.15. The van der Waals surface area contributed by atoms with Crippen molar-refractivity contribution in [3.8, 4) is 5.75 Å². The predicted molar refractivity (Wildman–Crippen MR) is 62.9 cm³/mol. The number of alkyl halides is 2. The minimum absolute atomic E-state index is 0.551. The number of hydrogen-bond acceptors (Lipinski definition) is 1. The van der Waals surface area contributed by atoms with Crippen molar-refractivity contribution in [3.63, 3.8) is 0 Å². The summed E-state index contributed by atoms with van der Waals surface area (Å²) in [7, 11) is 0. The van der Waals surface area contributed by atoms with Crippen LogP contribution in [0.5, 0.6) is 5.75 Å². The molecule has 0 radical (unpaired) electrons. The van der Waals surface area contributed by atoms with Crippen LogP contribution < -0.4 is 4.74 Å². The van der Waals surface area contributed by atoms with Gasteiger partial charge in [-0.15, -0.1) is 0 Å². The first-order valence-corrected chi connectivity index (χ1v) is 6.22. The van der Waals surface area contributed by atoms with Crippen molar-refractivity contribution >= 4 is 31.9 Å². The quantitative estimate of drug-likeness (QED) is 0.741. The minimum atomic E-state index is -0.792. The summed E-state index contributed by atoms with van der Waals surface area (Å²) in [5.74, 6) is 0.551. The van der Waals surface area contributed by atoms with Crippen LogP contribution >= 0.6 is 31.9 Å². The van der Waals surface area contributed by atoms with Crippen LogP contribution in [0.1, 0.15) is 12.0 Å². The molecular formula is C10H11Br2FO. The molecular weight excluding hydrogens is 315 g/mol. The SMILES string of the molecule is FCOc1ccc(CCCBr)cc1Br. The van der Waals surface area contributed by atoms with Gasteiger partial charge in [-0.1, -0.05) is 22.0 Å². The number of rotatable bonds is 5. The van der Waals surface area contributed by atoms with E-state index in [0.29, 0.717) is 5.75 Å². The van der Waals surface area contributed by atoms with Crippen LogP contribution in [0.15, 0.2) is 22.7 Å². The van der Waals surface area contributed by atoms with Gasteiger partial charge in [-0.3, -0.25) is 0 Å². The molecule has 1 aromatic carbocycles. The van der Waals surface area contributed by atoms with Crippen LogP contribution in [0.2, 0.25) is 0 Å². The Morgan fingerprint density at radius 3 is 2.71 bits per heavy atom. The van der Waals surface area contributed by atoms with Gasteiger partial charge in [0.2, 0.25) is 6.86 Å². The van der Waals surface area contributed by atoms with Crippen LogP contribution in [0.4, 0.5) is 4.39 Å². The maximum Gasteiger partial charge on any atom is 0.228 e. The molecule has 78 valence electrons. The Morgan fingerprint density at radius 1 is 1.36 bits per heavy atom. The van der Waals surface area contributed by atoms with E-state index in [2.05, 4.69) is 31.9 Å². The zero-order valence-electron chi connectivity index (χ0n) is 7.60. The Hall–Kier alpha value is -0.0900.